The number of aryl methyl sites for hydroxylation is 1. The van der Waals surface area contributed by atoms with E-state index in [1.807, 2.05) is 0 Å². The van der Waals surface area contributed by atoms with Crippen LogP contribution >= 0.6 is 15.9 Å². The molecule has 2 nitrogen and oxygen atoms in total. The fourth-order valence-electron chi connectivity index (χ4n) is 2.58. The van der Waals surface area contributed by atoms with Crippen molar-refractivity contribution in [3.05, 3.63) is 28.2 Å². The first-order valence-electron chi connectivity index (χ1n) is 6.63. The van der Waals surface area contributed by atoms with Crippen LogP contribution in [0.1, 0.15) is 37.7 Å². The molecule has 1 N–H and O–H groups in total. The van der Waals surface area contributed by atoms with E-state index < -0.39 is 0 Å². The quantitative estimate of drug-likeness (QED) is 0.808. The average Bonchev–Trinajstić information content (AvgIpc) is 2.59. The number of hydrogen-bond acceptors (Lipinski definition) is 2. The molecule has 2 unspecified atom stereocenters. The fourth-order valence-corrected chi connectivity index (χ4v) is 2.95. The number of nitrogens with zero attached hydrogens (tertiary/aromatic N) is 1. The molecule has 2 atom stereocenters. The molecule has 2 rings (SSSR count). The van der Waals surface area contributed by atoms with Crippen LogP contribution in [0.2, 0.25) is 0 Å². The van der Waals surface area contributed by atoms with Gasteiger partial charge in [0.25, 0.3) is 0 Å². The minimum Gasteiger partial charge on any atom is -0.380 e. The number of hydrogen-bond donors (Lipinski definition) is 1. The van der Waals surface area contributed by atoms with Gasteiger partial charge in [0.05, 0.1) is 12.0 Å². The standard InChI is InChI=1S/C15H19BrN2/c1-11-7-8-13(16)15(9-11)18-14-6-4-2-3-5-12(14)10-17/h7-9,12,14,18H,2-6H2,1H3. The van der Waals surface area contributed by atoms with Gasteiger partial charge in [0.1, 0.15) is 0 Å². The summed E-state index contributed by atoms with van der Waals surface area (Å²) in [7, 11) is 0. The van der Waals surface area contributed by atoms with Crippen molar-refractivity contribution in [2.75, 3.05) is 5.32 Å². The molecule has 1 saturated carbocycles. The summed E-state index contributed by atoms with van der Waals surface area (Å²) in [5.41, 5.74) is 2.35. The minimum absolute atomic E-state index is 0.139. The first kappa shape index (κ1) is 13.4. The first-order valence-corrected chi connectivity index (χ1v) is 7.42. The van der Waals surface area contributed by atoms with Crippen LogP contribution in [0.3, 0.4) is 0 Å². The minimum atomic E-state index is 0.139. The van der Waals surface area contributed by atoms with Gasteiger partial charge in [-0.25, -0.2) is 0 Å². The van der Waals surface area contributed by atoms with Gasteiger partial charge < -0.3 is 5.32 Å². The van der Waals surface area contributed by atoms with E-state index in [9.17, 15) is 5.26 Å². The highest BCUT2D eigenvalue weighted by molar-refractivity contribution is 9.10. The highest BCUT2D eigenvalue weighted by Gasteiger charge is 2.23. The fraction of sp³-hybridized carbons (Fsp3) is 0.533. The zero-order chi connectivity index (χ0) is 13.0. The van der Waals surface area contributed by atoms with E-state index in [1.54, 1.807) is 0 Å². The predicted octanol–water partition coefficient (Wildman–Crippen LogP) is 4.64. The normalized spacial score (nSPS) is 24.1. The van der Waals surface area contributed by atoms with Gasteiger partial charge in [0.15, 0.2) is 0 Å². The van der Waals surface area contributed by atoms with E-state index in [1.165, 1.54) is 24.8 Å². The van der Waals surface area contributed by atoms with E-state index in [0.717, 1.165) is 23.0 Å². The summed E-state index contributed by atoms with van der Waals surface area (Å²) in [4.78, 5) is 0. The highest BCUT2D eigenvalue weighted by atomic mass is 79.9. The van der Waals surface area contributed by atoms with E-state index in [4.69, 9.17) is 0 Å². The van der Waals surface area contributed by atoms with Crippen molar-refractivity contribution in [2.45, 2.75) is 45.1 Å². The molecule has 18 heavy (non-hydrogen) atoms. The lowest BCUT2D eigenvalue weighted by Crippen LogP contribution is -2.27. The van der Waals surface area contributed by atoms with Crippen LogP contribution < -0.4 is 5.32 Å². The molecular formula is C15H19BrN2. The Labute approximate surface area is 118 Å². The maximum absolute atomic E-state index is 9.29. The number of rotatable bonds is 2. The third-order valence-electron chi connectivity index (χ3n) is 3.64. The summed E-state index contributed by atoms with van der Waals surface area (Å²) in [6, 6.07) is 9.05. The average molecular weight is 307 g/mol. The van der Waals surface area contributed by atoms with Crippen molar-refractivity contribution in [3.8, 4) is 6.07 Å². The number of halogens is 1. The number of benzene rings is 1. The van der Waals surface area contributed by atoms with Gasteiger partial charge in [-0.15, -0.1) is 0 Å². The lowest BCUT2D eigenvalue weighted by molar-refractivity contribution is 0.514. The van der Waals surface area contributed by atoms with Crippen molar-refractivity contribution in [2.24, 2.45) is 5.92 Å². The SMILES string of the molecule is Cc1ccc(Br)c(NC2CCCCCC2C#N)c1. The van der Waals surface area contributed by atoms with E-state index in [0.29, 0.717) is 0 Å². The van der Waals surface area contributed by atoms with E-state index >= 15 is 0 Å². The summed E-state index contributed by atoms with van der Waals surface area (Å²) in [6.45, 7) is 2.09. The Morgan fingerprint density at radius 1 is 1.28 bits per heavy atom. The zero-order valence-electron chi connectivity index (χ0n) is 10.7. The molecule has 96 valence electrons. The second-order valence-corrected chi connectivity index (χ2v) is 5.96. The molecule has 3 heteroatoms. The molecule has 0 spiro atoms. The molecule has 0 radical (unpaired) electrons. The van der Waals surface area contributed by atoms with Crippen LogP contribution in [0.25, 0.3) is 0 Å². The Morgan fingerprint density at radius 3 is 2.83 bits per heavy atom. The van der Waals surface area contributed by atoms with Crippen LogP contribution in [0, 0.1) is 24.2 Å². The third-order valence-corrected chi connectivity index (χ3v) is 4.34. The molecule has 1 aromatic carbocycles. The molecular weight excluding hydrogens is 288 g/mol. The molecule has 1 aliphatic carbocycles. The number of anilines is 1. The smallest absolute Gasteiger partial charge is 0.0677 e. The maximum atomic E-state index is 9.29. The van der Waals surface area contributed by atoms with Crippen LogP contribution in [0.4, 0.5) is 5.69 Å². The summed E-state index contributed by atoms with van der Waals surface area (Å²) < 4.78 is 1.08. The predicted molar refractivity (Wildman–Crippen MR) is 78.5 cm³/mol. The Kier molecular flexibility index (Phi) is 4.66. The lowest BCUT2D eigenvalue weighted by atomic mass is 9.96. The van der Waals surface area contributed by atoms with Crippen molar-refractivity contribution < 1.29 is 0 Å². The lowest BCUT2D eigenvalue weighted by Gasteiger charge is -2.23. The van der Waals surface area contributed by atoms with E-state index in [-0.39, 0.29) is 12.0 Å². The zero-order valence-corrected chi connectivity index (χ0v) is 12.3. The monoisotopic (exact) mass is 306 g/mol. The van der Waals surface area contributed by atoms with Crippen molar-refractivity contribution >= 4 is 21.6 Å². The third kappa shape index (κ3) is 3.26. The summed E-state index contributed by atoms with van der Waals surface area (Å²) in [5, 5.41) is 12.8. The molecule has 1 aromatic rings. The van der Waals surface area contributed by atoms with Crippen molar-refractivity contribution in [3.63, 3.8) is 0 Å². The number of nitrogens with one attached hydrogen (secondary N) is 1. The molecule has 0 saturated heterocycles. The Bertz CT molecular complexity index is 450. The number of nitriles is 1. The van der Waals surface area contributed by atoms with Gasteiger partial charge >= 0.3 is 0 Å². The molecule has 0 amide bonds. The molecule has 0 heterocycles. The van der Waals surface area contributed by atoms with Crippen molar-refractivity contribution in [1.82, 2.24) is 0 Å². The Balaban J connectivity index is 2.15. The van der Waals surface area contributed by atoms with Gasteiger partial charge in [0, 0.05) is 16.2 Å². The highest BCUT2D eigenvalue weighted by Crippen LogP contribution is 2.29. The first-order chi connectivity index (χ1) is 8.70. The second kappa shape index (κ2) is 6.24. The molecule has 0 aliphatic heterocycles. The van der Waals surface area contributed by atoms with Gasteiger partial charge in [-0.1, -0.05) is 25.3 Å². The Morgan fingerprint density at radius 2 is 2.06 bits per heavy atom. The molecule has 1 fully saturated rings. The van der Waals surface area contributed by atoms with Gasteiger partial charge in [-0.05, 0) is 53.4 Å². The van der Waals surface area contributed by atoms with Crippen molar-refractivity contribution in [1.29, 1.82) is 5.26 Å². The van der Waals surface area contributed by atoms with Gasteiger partial charge in [-0.3, -0.25) is 0 Å². The van der Waals surface area contributed by atoms with Crippen LogP contribution in [-0.4, -0.2) is 6.04 Å². The van der Waals surface area contributed by atoms with Gasteiger partial charge in [0.2, 0.25) is 0 Å². The molecule has 0 bridgehead atoms. The Hall–Kier alpha value is -1.01. The second-order valence-electron chi connectivity index (χ2n) is 5.11. The van der Waals surface area contributed by atoms with Crippen LogP contribution in [0.5, 0.6) is 0 Å². The summed E-state index contributed by atoms with van der Waals surface area (Å²) in [6.07, 6.45) is 5.78. The molecule has 1 aliphatic rings. The van der Waals surface area contributed by atoms with Crippen LogP contribution in [0.15, 0.2) is 22.7 Å². The summed E-state index contributed by atoms with van der Waals surface area (Å²) in [5.74, 6) is 0.139. The van der Waals surface area contributed by atoms with E-state index in [2.05, 4.69) is 52.4 Å². The topological polar surface area (TPSA) is 35.8 Å². The van der Waals surface area contributed by atoms with Gasteiger partial charge in [-0.2, -0.15) is 5.26 Å². The molecule has 0 aromatic heterocycles. The van der Waals surface area contributed by atoms with Crippen LogP contribution in [-0.2, 0) is 0 Å². The maximum Gasteiger partial charge on any atom is 0.0677 e. The largest absolute Gasteiger partial charge is 0.380 e. The summed E-state index contributed by atoms with van der Waals surface area (Å²) >= 11 is 3.57.